The molecule has 0 aliphatic carbocycles. The molecule has 1 aromatic carbocycles. The molecule has 0 spiro atoms. The van der Waals surface area contributed by atoms with E-state index in [1.165, 1.54) is 6.07 Å². The maximum absolute atomic E-state index is 12.2. The second-order valence-corrected chi connectivity index (χ2v) is 5.64. The highest BCUT2D eigenvalue weighted by Crippen LogP contribution is 2.19. The highest BCUT2D eigenvalue weighted by atomic mass is 32.1. The predicted octanol–water partition coefficient (Wildman–Crippen LogP) is 2.76. The van der Waals surface area contributed by atoms with Crippen LogP contribution in [0.5, 0.6) is 0 Å². The smallest absolute Gasteiger partial charge is 0.336 e. The molecule has 3 rings (SSSR count). The molecule has 2 N–H and O–H groups in total. The average molecular weight is 327 g/mol. The molecule has 7 heteroatoms. The van der Waals surface area contributed by atoms with Crippen LogP contribution in [-0.2, 0) is 0 Å². The standard InChI is InChI=1S/C16H13N3O3S/c1-8-4-3-5-10(6-8)19-13-12(14(20)18-16(19)23)11(15(21)22)7-9(2)17-13/h3-7H,1-2H3,(H,21,22)(H,18,20,23). The molecule has 0 bridgehead atoms. The first-order valence-electron chi connectivity index (χ1n) is 6.85. The fraction of sp³-hybridized carbons (Fsp3) is 0.125. The summed E-state index contributed by atoms with van der Waals surface area (Å²) in [6.07, 6.45) is 0. The Morgan fingerprint density at radius 3 is 2.70 bits per heavy atom. The van der Waals surface area contributed by atoms with E-state index in [2.05, 4.69) is 9.97 Å². The van der Waals surface area contributed by atoms with Crippen molar-refractivity contribution >= 4 is 29.2 Å². The van der Waals surface area contributed by atoms with Crippen LogP contribution in [0.1, 0.15) is 21.6 Å². The van der Waals surface area contributed by atoms with Crippen LogP contribution < -0.4 is 5.56 Å². The number of carboxylic acid groups (broad SMARTS) is 1. The van der Waals surface area contributed by atoms with Gasteiger partial charge in [0.2, 0.25) is 0 Å². The van der Waals surface area contributed by atoms with E-state index in [-0.39, 0.29) is 21.4 Å². The van der Waals surface area contributed by atoms with Gasteiger partial charge in [0.15, 0.2) is 10.4 Å². The minimum absolute atomic E-state index is 0.0122. The molecule has 23 heavy (non-hydrogen) atoms. The lowest BCUT2D eigenvalue weighted by Crippen LogP contribution is -2.18. The molecule has 6 nitrogen and oxygen atoms in total. The molecule has 116 valence electrons. The Bertz CT molecular complexity index is 1070. The fourth-order valence-electron chi connectivity index (χ4n) is 2.53. The van der Waals surface area contributed by atoms with Crippen molar-refractivity contribution in [1.29, 1.82) is 0 Å². The number of pyridine rings is 1. The van der Waals surface area contributed by atoms with Crippen molar-refractivity contribution in [3.05, 3.63) is 62.3 Å². The number of carboxylic acids is 1. The molecule has 0 aliphatic heterocycles. The number of nitrogens with one attached hydrogen (secondary N) is 1. The van der Waals surface area contributed by atoms with Gasteiger partial charge in [-0.25, -0.2) is 9.78 Å². The van der Waals surface area contributed by atoms with Crippen molar-refractivity contribution < 1.29 is 9.90 Å². The lowest BCUT2D eigenvalue weighted by atomic mass is 10.1. The van der Waals surface area contributed by atoms with Crippen LogP contribution in [0.25, 0.3) is 16.7 Å². The molecule has 3 aromatic rings. The van der Waals surface area contributed by atoms with Gasteiger partial charge in [-0.3, -0.25) is 14.3 Å². The van der Waals surface area contributed by atoms with E-state index in [1.807, 2.05) is 31.2 Å². The van der Waals surface area contributed by atoms with Gasteiger partial charge in [0.05, 0.1) is 16.6 Å². The third-order valence-corrected chi connectivity index (χ3v) is 3.77. The van der Waals surface area contributed by atoms with Gasteiger partial charge in [-0.15, -0.1) is 0 Å². The number of aromatic nitrogens is 3. The Labute approximate surface area is 136 Å². The van der Waals surface area contributed by atoms with Gasteiger partial charge in [0.1, 0.15) is 0 Å². The molecule has 2 heterocycles. The van der Waals surface area contributed by atoms with E-state index in [4.69, 9.17) is 12.2 Å². The normalized spacial score (nSPS) is 10.9. The zero-order chi connectivity index (χ0) is 16.7. The number of rotatable bonds is 2. The number of benzene rings is 1. The Morgan fingerprint density at radius 1 is 1.30 bits per heavy atom. The van der Waals surface area contributed by atoms with E-state index in [9.17, 15) is 14.7 Å². The largest absolute Gasteiger partial charge is 0.478 e. The third kappa shape index (κ3) is 2.55. The molecule has 0 aliphatic rings. The summed E-state index contributed by atoms with van der Waals surface area (Å²) in [6.45, 7) is 3.61. The summed E-state index contributed by atoms with van der Waals surface area (Å²) in [5.41, 5.74) is 1.81. The van der Waals surface area contributed by atoms with Gasteiger partial charge in [-0.1, -0.05) is 12.1 Å². The number of aromatic amines is 1. The number of fused-ring (bicyclic) bond motifs is 1. The number of hydrogen-bond acceptors (Lipinski definition) is 4. The maximum atomic E-state index is 12.2. The quantitative estimate of drug-likeness (QED) is 0.707. The first-order valence-corrected chi connectivity index (χ1v) is 7.26. The molecule has 0 atom stereocenters. The summed E-state index contributed by atoms with van der Waals surface area (Å²) in [4.78, 5) is 30.6. The molecular weight excluding hydrogens is 314 g/mol. The van der Waals surface area contributed by atoms with E-state index < -0.39 is 11.5 Å². The molecule has 0 saturated carbocycles. The van der Waals surface area contributed by atoms with Crippen LogP contribution in [0.4, 0.5) is 0 Å². The summed E-state index contributed by atoms with van der Waals surface area (Å²) >= 11 is 5.26. The first kappa shape index (κ1) is 15.1. The SMILES string of the molecule is Cc1cccc(-n2c(=S)[nH]c(=O)c3c(C(=O)O)cc(C)nc32)c1. The number of hydrogen-bond donors (Lipinski definition) is 2. The average Bonchev–Trinajstić information content (AvgIpc) is 2.45. The van der Waals surface area contributed by atoms with E-state index in [0.717, 1.165) is 5.56 Å². The Balaban J connectivity index is 2.56. The molecule has 0 radical (unpaired) electrons. The monoisotopic (exact) mass is 327 g/mol. The minimum atomic E-state index is -1.18. The predicted molar refractivity (Wildman–Crippen MR) is 89.0 cm³/mol. The van der Waals surface area contributed by atoms with Gasteiger partial charge < -0.3 is 5.11 Å². The Kier molecular flexibility index (Phi) is 3.57. The number of aromatic carboxylic acids is 1. The topological polar surface area (TPSA) is 88.0 Å². The maximum Gasteiger partial charge on any atom is 0.336 e. The zero-order valence-corrected chi connectivity index (χ0v) is 13.3. The van der Waals surface area contributed by atoms with E-state index in [1.54, 1.807) is 11.5 Å². The molecule has 0 saturated heterocycles. The zero-order valence-electron chi connectivity index (χ0n) is 12.5. The van der Waals surface area contributed by atoms with Crippen LogP contribution in [-0.4, -0.2) is 25.6 Å². The van der Waals surface area contributed by atoms with Crippen LogP contribution in [0.3, 0.4) is 0 Å². The lowest BCUT2D eigenvalue weighted by Gasteiger charge is -2.12. The van der Waals surface area contributed by atoms with Crippen molar-refractivity contribution in [2.45, 2.75) is 13.8 Å². The Morgan fingerprint density at radius 2 is 2.04 bits per heavy atom. The van der Waals surface area contributed by atoms with Gasteiger partial charge in [-0.05, 0) is 49.8 Å². The fourth-order valence-corrected chi connectivity index (χ4v) is 2.81. The molecule has 0 unspecified atom stereocenters. The van der Waals surface area contributed by atoms with Crippen molar-refractivity contribution in [2.75, 3.05) is 0 Å². The lowest BCUT2D eigenvalue weighted by molar-refractivity contribution is 0.0698. The number of H-pyrrole nitrogens is 1. The van der Waals surface area contributed by atoms with Gasteiger partial charge >= 0.3 is 5.97 Å². The second kappa shape index (κ2) is 5.44. The molecule has 0 fully saturated rings. The van der Waals surface area contributed by atoms with Crippen molar-refractivity contribution in [1.82, 2.24) is 14.5 Å². The van der Waals surface area contributed by atoms with Crippen LogP contribution >= 0.6 is 12.2 Å². The van der Waals surface area contributed by atoms with E-state index in [0.29, 0.717) is 11.4 Å². The van der Waals surface area contributed by atoms with Crippen LogP contribution in [0.15, 0.2) is 35.1 Å². The van der Waals surface area contributed by atoms with Crippen LogP contribution in [0, 0.1) is 18.6 Å². The summed E-state index contributed by atoms with van der Waals surface area (Å²) in [5.74, 6) is -1.18. The molecular formula is C16H13N3O3S. The second-order valence-electron chi connectivity index (χ2n) is 5.25. The van der Waals surface area contributed by atoms with Crippen molar-refractivity contribution in [2.24, 2.45) is 0 Å². The molecule has 0 amide bonds. The highest BCUT2D eigenvalue weighted by Gasteiger charge is 2.17. The van der Waals surface area contributed by atoms with E-state index >= 15 is 0 Å². The molecule has 2 aromatic heterocycles. The number of nitrogens with zero attached hydrogens (tertiary/aromatic N) is 2. The van der Waals surface area contributed by atoms with Crippen molar-refractivity contribution in [3.8, 4) is 5.69 Å². The van der Waals surface area contributed by atoms with Gasteiger partial charge in [0, 0.05) is 5.69 Å². The summed E-state index contributed by atoms with van der Waals surface area (Å²) in [7, 11) is 0. The first-order chi connectivity index (χ1) is 10.9. The Hall–Kier alpha value is -2.80. The summed E-state index contributed by atoms with van der Waals surface area (Å²) in [6, 6.07) is 8.88. The number of carbonyl (C=O) groups is 1. The van der Waals surface area contributed by atoms with Gasteiger partial charge in [0.25, 0.3) is 5.56 Å². The number of aryl methyl sites for hydroxylation is 2. The minimum Gasteiger partial charge on any atom is -0.478 e. The van der Waals surface area contributed by atoms with Crippen LogP contribution in [0.2, 0.25) is 0 Å². The van der Waals surface area contributed by atoms with Crippen molar-refractivity contribution in [3.63, 3.8) is 0 Å². The highest BCUT2D eigenvalue weighted by molar-refractivity contribution is 7.71. The van der Waals surface area contributed by atoms with Gasteiger partial charge in [-0.2, -0.15) is 0 Å². The summed E-state index contributed by atoms with van der Waals surface area (Å²) < 4.78 is 1.75. The third-order valence-electron chi connectivity index (χ3n) is 3.48. The summed E-state index contributed by atoms with van der Waals surface area (Å²) in [5, 5.41) is 9.40.